The summed E-state index contributed by atoms with van der Waals surface area (Å²) in [5, 5.41) is 1.45. The maximum absolute atomic E-state index is 12.3. The van der Waals surface area contributed by atoms with E-state index in [4.69, 9.17) is 34.8 Å². The summed E-state index contributed by atoms with van der Waals surface area (Å²) in [5.41, 5.74) is 1.32. The van der Waals surface area contributed by atoms with Crippen LogP contribution in [0.2, 0.25) is 15.1 Å². The van der Waals surface area contributed by atoms with Crippen LogP contribution in [-0.2, 0) is 7.05 Å². The van der Waals surface area contributed by atoms with Gasteiger partial charge in [-0.15, -0.1) is 0 Å². The van der Waals surface area contributed by atoms with Gasteiger partial charge < -0.3 is 4.57 Å². The highest BCUT2D eigenvalue weighted by atomic mass is 35.5. The maximum Gasteiger partial charge on any atom is 0.279 e. The molecule has 0 unspecified atom stereocenters. The molecule has 22 heavy (non-hydrogen) atoms. The van der Waals surface area contributed by atoms with Gasteiger partial charge in [0.05, 0.1) is 10.2 Å². The number of aryl methyl sites for hydroxylation is 1. The van der Waals surface area contributed by atoms with Gasteiger partial charge in [-0.1, -0.05) is 46.1 Å². The molecule has 0 aliphatic carbocycles. The van der Waals surface area contributed by atoms with Gasteiger partial charge in [-0.25, -0.2) is 0 Å². The summed E-state index contributed by atoms with van der Waals surface area (Å²) in [7, 11) is 1.85. The number of hydrogen-bond acceptors (Lipinski definition) is 2. The molecule has 0 aliphatic rings. The first-order valence-electron chi connectivity index (χ1n) is 6.24. The zero-order valence-electron chi connectivity index (χ0n) is 11.3. The number of nitrogens with zero attached hydrogens (tertiary/aromatic N) is 2. The molecule has 0 spiro atoms. The van der Waals surface area contributed by atoms with Gasteiger partial charge in [-0.3, -0.25) is 4.79 Å². The summed E-state index contributed by atoms with van der Waals surface area (Å²) in [4.78, 5) is 17.0. The predicted molar refractivity (Wildman–Crippen MR) is 92.2 cm³/mol. The van der Waals surface area contributed by atoms with Crippen molar-refractivity contribution in [1.29, 1.82) is 0 Å². The average Bonchev–Trinajstić information content (AvgIpc) is 2.73. The van der Waals surface area contributed by atoms with Crippen molar-refractivity contribution in [3.63, 3.8) is 0 Å². The van der Waals surface area contributed by atoms with Crippen LogP contribution in [0.5, 0.6) is 0 Å². The third kappa shape index (κ3) is 3.06. The van der Waals surface area contributed by atoms with Gasteiger partial charge in [0.25, 0.3) is 5.91 Å². The van der Waals surface area contributed by atoms with Gasteiger partial charge in [0.2, 0.25) is 0 Å². The van der Waals surface area contributed by atoms with E-state index in [1.807, 2.05) is 23.7 Å². The van der Waals surface area contributed by atoms with Gasteiger partial charge in [0.15, 0.2) is 4.80 Å². The molecule has 0 aliphatic heterocycles. The Morgan fingerprint density at radius 2 is 1.73 bits per heavy atom. The van der Waals surface area contributed by atoms with Crippen molar-refractivity contribution in [3.8, 4) is 0 Å². The number of rotatable bonds is 1. The molecular weight excluding hydrogens is 363 g/mol. The summed E-state index contributed by atoms with van der Waals surface area (Å²) in [6.07, 6.45) is 0. The molecule has 0 radical (unpaired) electrons. The lowest BCUT2D eigenvalue weighted by atomic mass is 10.2. The highest BCUT2D eigenvalue weighted by Crippen LogP contribution is 2.22. The minimum Gasteiger partial charge on any atom is -0.319 e. The van der Waals surface area contributed by atoms with Crippen LogP contribution in [0.3, 0.4) is 0 Å². The van der Waals surface area contributed by atoms with Crippen molar-refractivity contribution in [3.05, 3.63) is 61.8 Å². The highest BCUT2D eigenvalue weighted by Gasteiger charge is 2.09. The fourth-order valence-corrected chi connectivity index (χ4v) is 3.86. The lowest BCUT2D eigenvalue weighted by molar-refractivity contribution is 0.0998. The quantitative estimate of drug-likeness (QED) is 0.596. The van der Waals surface area contributed by atoms with Gasteiger partial charge in [0.1, 0.15) is 0 Å². The molecule has 1 aromatic heterocycles. The van der Waals surface area contributed by atoms with E-state index in [1.165, 1.54) is 11.3 Å². The summed E-state index contributed by atoms with van der Waals surface area (Å²) in [5.74, 6) is -0.391. The Labute approximate surface area is 145 Å². The number of halogens is 3. The van der Waals surface area contributed by atoms with E-state index < -0.39 is 5.91 Å². The van der Waals surface area contributed by atoms with E-state index in [9.17, 15) is 4.79 Å². The standard InChI is InChI=1S/C15H9Cl3N2OS/c1-20-12-3-2-9(16)7-13(12)22-15(20)19-14(21)8-4-10(17)6-11(18)5-8/h2-7H,1H3. The molecule has 7 heteroatoms. The first-order valence-corrected chi connectivity index (χ1v) is 8.19. The molecule has 2 aromatic carbocycles. The maximum atomic E-state index is 12.3. The second-order valence-corrected chi connectivity index (χ2v) is 6.95. The fourth-order valence-electron chi connectivity index (χ4n) is 2.04. The minimum absolute atomic E-state index is 0.355. The summed E-state index contributed by atoms with van der Waals surface area (Å²) in [6, 6.07) is 10.2. The Morgan fingerprint density at radius 1 is 1.05 bits per heavy atom. The SMILES string of the molecule is Cn1c(=NC(=O)c2cc(Cl)cc(Cl)c2)sc2cc(Cl)ccc21. The molecule has 0 atom stereocenters. The zero-order chi connectivity index (χ0) is 15.9. The third-order valence-corrected chi connectivity index (χ3v) is 4.84. The number of hydrogen-bond donors (Lipinski definition) is 0. The van der Waals surface area contributed by atoms with Crippen LogP contribution in [0.4, 0.5) is 0 Å². The zero-order valence-corrected chi connectivity index (χ0v) is 14.4. The van der Waals surface area contributed by atoms with Crippen molar-refractivity contribution < 1.29 is 4.79 Å². The van der Waals surface area contributed by atoms with Crippen molar-refractivity contribution in [2.75, 3.05) is 0 Å². The average molecular weight is 372 g/mol. The number of fused-ring (bicyclic) bond motifs is 1. The lowest BCUT2D eigenvalue weighted by Gasteiger charge is -1.98. The van der Waals surface area contributed by atoms with Crippen LogP contribution in [0, 0.1) is 0 Å². The first-order chi connectivity index (χ1) is 10.4. The fraction of sp³-hybridized carbons (Fsp3) is 0.0667. The molecular formula is C15H9Cl3N2OS. The van der Waals surface area contributed by atoms with Gasteiger partial charge in [-0.05, 0) is 36.4 Å². The van der Waals surface area contributed by atoms with Gasteiger partial charge in [-0.2, -0.15) is 4.99 Å². The van der Waals surface area contributed by atoms with Crippen molar-refractivity contribution in [1.82, 2.24) is 4.57 Å². The van der Waals surface area contributed by atoms with E-state index in [1.54, 1.807) is 24.3 Å². The van der Waals surface area contributed by atoms with E-state index in [2.05, 4.69) is 4.99 Å². The number of carbonyl (C=O) groups excluding carboxylic acids is 1. The minimum atomic E-state index is -0.391. The lowest BCUT2D eigenvalue weighted by Crippen LogP contribution is -2.13. The van der Waals surface area contributed by atoms with E-state index >= 15 is 0 Å². The molecule has 1 amide bonds. The Bertz CT molecular complexity index is 939. The Morgan fingerprint density at radius 3 is 2.41 bits per heavy atom. The molecule has 112 valence electrons. The molecule has 0 saturated heterocycles. The van der Waals surface area contributed by atoms with E-state index in [0.717, 1.165) is 10.2 Å². The van der Waals surface area contributed by atoms with Gasteiger partial charge in [0, 0.05) is 27.7 Å². The van der Waals surface area contributed by atoms with E-state index in [-0.39, 0.29) is 0 Å². The van der Waals surface area contributed by atoms with Crippen LogP contribution >= 0.6 is 46.1 Å². The smallest absolute Gasteiger partial charge is 0.279 e. The Kier molecular flexibility index (Phi) is 4.28. The normalized spacial score (nSPS) is 12.1. The van der Waals surface area contributed by atoms with Crippen LogP contribution in [0.1, 0.15) is 10.4 Å². The van der Waals surface area contributed by atoms with Crippen molar-refractivity contribution in [2.45, 2.75) is 0 Å². The molecule has 1 heterocycles. The van der Waals surface area contributed by atoms with Crippen LogP contribution in [0.25, 0.3) is 10.2 Å². The Balaban J connectivity index is 2.11. The molecule has 0 bridgehead atoms. The second-order valence-electron chi connectivity index (χ2n) is 4.63. The first kappa shape index (κ1) is 15.6. The molecule has 3 nitrogen and oxygen atoms in total. The molecule has 3 rings (SSSR count). The van der Waals surface area contributed by atoms with Crippen LogP contribution in [0.15, 0.2) is 41.4 Å². The summed E-state index contributed by atoms with van der Waals surface area (Å²) in [6.45, 7) is 0. The summed E-state index contributed by atoms with van der Waals surface area (Å²) < 4.78 is 2.81. The van der Waals surface area contributed by atoms with Gasteiger partial charge >= 0.3 is 0 Å². The number of amides is 1. The van der Waals surface area contributed by atoms with Crippen molar-refractivity contribution in [2.24, 2.45) is 12.0 Å². The number of aromatic nitrogens is 1. The predicted octanol–water partition coefficient (Wildman–Crippen LogP) is 4.94. The molecule has 3 aromatic rings. The van der Waals surface area contributed by atoms with Crippen LogP contribution in [-0.4, -0.2) is 10.5 Å². The largest absolute Gasteiger partial charge is 0.319 e. The third-order valence-electron chi connectivity index (χ3n) is 3.08. The number of thiazole rings is 1. The van der Waals surface area contributed by atoms with E-state index in [0.29, 0.717) is 25.4 Å². The molecule has 0 N–H and O–H groups in total. The monoisotopic (exact) mass is 370 g/mol. The topological polar surface area (TPSA) is 34.4 Å². The molecule has 0 fully saturated rings. The number of benzene rings is 2. The highest BCUT2D eigenvalue weighted by molar-refractivity contribution is 7.16. The van der Waals surface area contributed by atoms with Crippen molar-refractivity contribution >= 4 is 62.3 Å². The van der Waals surface area contributed by atoms with Crippen LogP contribution < -0.4 is 4.80 Å². The Hall–Kier alpha value is -1.33. The second kappa shape index (κ2) is 6.05. The number of carbonyl (C=O) groups is 1. The summed E-state index contributed by atoms with van der Waals surface area (Å²) >= 11 is 19.2. The molecule has 0 saturated carbocycles.